The number of hydrogen-bond acceptors (Lipinski definition) is 6. The largest absolute Gasteiger partial charge is 0.476 e. The minimum Gasteiger partial charge on any atom is -0.476 e. The van der Waals surface area contributed by atoms with Crippen molar-refractivity contribution in [1.82, 2.24) is 19.7 Å². The number of likely N-dealkylation sites (tertiary alicyclic amines) is 1. The highest BCUT2D eigenvalue weighted by molar-refractivity contribution is 5.68. The summed E-state index contributed by atoms with van der Waals surface area (Å²) in [6.07, 6.45) is 4.28. The van der Waals surface area contributed by atoms with E-state index in [9.17, 15) is 4.79 Å². The number of carbonyl (C=O) groups is 1. The molecule has 2 fully saturated rings. The van der Waals surface area contributed by atoms with E-state index in [0.29, 0.717) is 25.6 Å². The van der Waals surface area contributed by atoms with Crippen LogP contribution in [0.25, 0.3) is 11.1 Å². The van der Waals surface area contributed by atoms with Crippen molar-refractivity contribution in [2.24, 2.45) is 0 Å². The number of ether oxygens (including phenoxy) is 2. The molecule has 0 atom stereocenters. The smallest absolute Gasteiger partial charge is 0.410 e. The average Bonchev–Trinajstić information content (AvgIpc) is 3.33. The molecule has 7 heteroatoms. The molecule has 2 aliphatic heterocycles. The molecule has 0 bridgehead atoms. The van der Waals surface area contributed by atoms with Crippen LogP contribution in [0.4, 0.5) is 4.79 Å². The van der Waals surface area contributed by atoms with E-state index in [2.05, 4.69) is 45.1 Å². The summed E-state index contributed by atoms with van der Waals surface area (Å²) in [6.45, 7) is 13.7. The third kappa shape index (κ3) is 7.18. The summed E-state index contributed by atoms with van der Waals surface area (Å²) in [5.74, 6) is 0.682. The van der Waals surface area contributed by atoms with Gasteiger partial charge in [0.05, 0.1) is 0 Å². The Morgan fingerprint density at radius 2 is 1.71 bits per heavy atom. The van der Waals surface area contributed by atoms with E-state index in [1.54, 1.807) is 4.90 Å². The maximum atomic E-state index is 12.3. The molecule has 0 N–H and O–H groups in total. The van der Waals surface area contributed by atoms with Gasteiger partial charge in [-0.3, -0.25) is 9.80 Å². The van der Waals surface area contributed by atoms with E-state index in [1.165, 1.54) is 31.5 Å². The zero-order valence-electron chi connectivity index (χ0n) is 20.8. The molecule has 0 radical (unpaired) electrons. The van der Waals surface area contributed by atoms with Gasteiger partial charge in [-0.2, -0.15) is 0 Å². The SMILES string of the molecule is CC(C)(C)OC(=O)N1CCN(Cc2cccc(-c3ccc(OCCN4CCCC4)nc3)c2)CC1. The topological polar surface area (TPSA) is 58.1 Å². The van der Waals surface area contributed by atoms with Gasteiger partial charge in [-0.15, -0.1) is 0 Å². The van der Waals surface area contributed by atoms with Crippen LogP contribution in [0.15, 0.2) is 42.6 Å². The molecule has 0 aliphatic carbocycles. The van der Waals surface area contributed by atoms with Crippen LogP contribution in [-0.4, -0.2) is 83.8 Å². The lowest BCUT2D eigenvalue weighted by molar-refractivity contribution is 0.0139. The average molecular weight is 467 g/mol. The zero-order chi connectivity index (χ0) is 24.0. The molecule has 7 nitrogen and oxygen atoms in total. The van der Waals surface area contributed by atoms with Crippen molar-refractivity contribution in [3.63, 3.8) is 0 Å². The van der Waals surface area contributed by atoms with Crippen LogP contribution in [0.1, 0.15) is 39.2 Å². The molecule has 2 aliphatic rings. The summed E-state index contributed by atoms with van der Waals surface area (Å²) in [5.41, 5.74) is 3.04. The number of nitrogens with zero attached hydrogens (tertiary/aromatic N) is 4. The minimum atomic E-state index is -0.457. The van der Waals surface area contributed by atoms with Crippen molar-refractivity contribution in [3.8, 4) is 17.0 Å². The number of aromatic nitrogens is 1. The lowest BCUT2D eigenvalue weighted by Crippen LogP contribution is -2.49. The first-order chi connectivity index (χ1) is 16.4. The van der Waals surface area contributed by atoms with Gasteiger partial charge in [0.2, 0.25) is 5.88 Å². The number of amides is 1. The first-order valence-electron chi connectivity index (χ1n) is 12.5. The Balaban J connectivity index is 1.26. The minimum absolute atomic E-state index is 0.217. The molecule has 4 rings (SSSR count). The van der Waals surface area contributed by atoms with E-state index in [1.807, 2.05) is 33.0 Å². The molecule has 0 saturated carbocycles. The number of carbonyl (C=O) groups excluding carboxylic acids is 1. The highest BCUT2D eigenvalue weighted by Crippen LogP contribution is 2.23. The number of hydrogen-bond donors (Lipinski definition) is 0. The van der Waals surface area contributed by atoms with Crippen molar-refractivity contribution in [2.75, 3.05) is 52.4 Å². The van der Waals surface area contributed by atoms with Gasteiger partial charge >= 0.3 is 6.09 Å². The maximum absolute atomic E-state index is 12.3. The van der Waals surface area contributed by atoms with Gasteiger partial charge in [0.25, 0.3) is 0 Å². The van der Waals surface area contributed by atoms with Crippen LogP contribution < -0.4 is 4.74 Å². The molecule has 0 spiro atoms. The lowest BCUT2D eigenvalue weighted by Gasteiger charge is -2.35. The summed E-state index contributed by atoms with van der Waals surface area (Å²) in [4.78, 5) is 23.4. The van der Waals surface area contributed by atoms with Crippen LogP contribution in [0.3, 0.4) is 0 Å². The molecule has 184 valence electrons. The normalized spacial score (nSPS) is 17.7. The van der Waals surface area contributed by atoms with Gasteiger partial charge in [0.1, 0.15) is 12.2 Å². The van der Waals surface area contributed by atoms with Crippen LogP contribution in [0.2, 0.25) is 0 Å². The highest BCUT2D eigenvalue weighted by Gasteiger charge is 2.25. The van der Waals surface area contributed by atoms with Crippen molar-refractivity contribution in [1.29, 1.82) is 0 Å². The van der Waals surface area contributed by atoms with E-state index in [-0.39, 0.29) is 6.09 Å². The summed E-state index contributed by atoms with van der Waals surface area (Å²) in [5, 5.41) is 0. The molecular weight excluding hydrogens is 428 g/mol. The van der Waals surface area contributed by atoms with Crippen LogP contribution in [0, 0.1) is 0 Å². The standard InChI is InChI=1S/C27H38N4O3/c1-27(2,3)34-26(32)31-15-13-30(14-16-31)21-22-7-6-8-23(19-22)24-9-10-25(28-20-24)33-18-17-29-11-4-5-12-29/h6-10,19-20H,4-5,11-18,21H2,1-3H3. The van der Waals surface area contributed by atoms with Crippen molar-refractivity contribution in [3.05, 3.63) is 48.2 Å². The molecule has 2 saturated heterocycles. The zero-order valence-corrected chi connectivity index (χ0v) is 20.8. The molecule has 1 aromatic carbocycles. The fourth-order valence-electron chi connectivity index (χ4n) is 4.44. The summed E-state index contributed by atoms with van der Waals surface area (Å²) < 4.78 is 11.3. The van der Waals surface area contributed by atoms with Crippen LogP contribution >= 0.6 is 0 Å². The van der Waals surface area contributed by atoms with Gasteiger partial charge in [-0.25, -0.2) is 9.78 Å². The third-order valence-electron chi connectivity index (χ3n) is 6.28. The molecule has 3 heterocycles. The summed E-state index contributed by atoms with van der Waals surface area (Å²) in [7, 11) is 0. The molecular formula is C27H38N4O3. The predicted molar refractivity (Wildman–Crippen MR) is 134 cm³/mol. The van der Waals surface area contributed by atoms with E-state index < -0.39 is 5.60 Å². The monoisotopic (exact) mass is 466 g/mol. The quantitative estimate of drug-likeness (QED) is 0.607. The Kier molecular flexibility index (Phi) is 8.06. The predicted octanol–water partition coefficient (Wildman–Crippen LogP) is 4.28. The second-order valence-corrected chi connectivity index (χ2v) is 10.2. The Morgan fingerprint density at radius 1 is 0.941 bits per heavy atom. The molecule has 34 heavy (non-hydrogen) atoms. The first-order valence-corrected chi connectivity index (χ1v) is 12.5. The van der Waals surface area contributed by atoms with E-state index in [0.717, 1.165) is 37.3 Å². The Bertz CT molecular complexity index is 928. The summed E-state index contributed by atoms with van der Waals surface area (Å²) >= 11 is 0. The van der Waals surface area contributed by atoms with Gasteiger partial charge in [-0.1, -0.05) is 18.2 Å². The van der Waals surface area contributed by atoms with Gasteiger partial charge in [0, 0.05) is 57.1 Å². The van der Waals surface area contributed by atoms with Gasteiger partial charge in [-0.05, 0) is 70.0 Å². The molecule has 2 aromatic rings. The summed E-state index contributed by atoms with van der Waals surface area (Å²) in [6, 6.07) is 12.6. The highest BCUT2D eigenvalue weighted by atomic mass is 16.6. The van der Waals surface area contributed by atoms with Crippen molar-refractivity contribution in [2.45, 2.75) is 45.8 Å². The van der Waals surface area contributed by atoms with Crippen LogP contribution in [0.5, 0.6) is 5.88 Å². The Morgan fingerprint density at radius 3 is 2.38 bits per heavy atom. The van der Waals surface area contributed by atoms with Crippen molar-refractivity contribution >= 4 is 6.09 Å². The van der Waals surface area contributed by atoms with E-state index >= 15 is 0 Å². The fourth-order valence-corrected chi connectivity index (χ4v) is 4.44. The molecule has 1 aromatic heterocycles. The molecule has 1 amide bonds. The molecule has 0 unspecified atom stereocenters. The third-order valence-corrected chi connectivity index (χ3v) is 6.28. The first kappa shape index (κ1) is 24.5. The Hall–Kier alpha value is -2.64. The second kappa shape index (κ2) is 11.2. The second-order valence-electron chi connectivity index (χ2n) is 10.2. The van der Waals surface area contributed by atoms with Gasteiger partial charge < -0.3 is 14.4 Å². The maximum Gasteiger partial charge on any atom is 0.410 e. The van der Waals surface area contributed by atoms with Crippen molar-refractivity contribution < 1.29 is 14.3 Å². The van der Waals surface area contributed by atoms with Crippen LogP contribution in [-0.2, 0) is 11.3 Å². The lowest BCUT2D eigenvalue weighted by atomic mass is 10.0. The fraction of sp³-hybridized carbons (Fsp3) is 0.556. The number of piperazine rings is 1. The number of benzene rings is 1. The number of rotatable bonds is 7. The van der Waals surface area contributed by atoms with E-state index in [4.69, 9.17) is 9.47 Å². The number of pyridine rings is 1. The Labute approximate surface area is 203 Å². The van der Waals surface area contributed by atoms with Gasteiger partial charge in [0.15, 0.2) is 0 Å².